The summed E-state index contributed by atoms with van der Waals surface area (Å²) in [5.74, 6) is 2.25. The molecule has 3 nitrogen and oxygen atoms in total. The average Bonchev–Trinajstić information content (AvgIpc) is 2.34. The summed E-state index contributed by atoms with van der Waals surface area (Å²) in [7, 11) is 3.19. The fourth-order valence-corrected chi connectivity index (χ4v) is 2.04. The normalized spacial score (nSPS) is 12.2. The van der Waals surface area contributed by atoms with Crippen molar-refractivity contribution in [2.45, 2.75) is 12.5 Å². The highest BCUT2D eigenvalue weighted by molar-refractivity contribution is 7.98. The van der Waals surface area contributed by atoms with E-state index in [0.717, 1.165) is 11.3 Å². The lowest BCUT2D eigenvalue weighted by Gasteiger charge is -2.17. The zero-order chi connectivity index (χ0) is 12.0. The van der Waals surface area contributed by atoms with Crippen LogP contribution in [-0.2, 0) is 0 Å². The second-order valence-electron chi connectivity index (χ2n) is 3.37. The predicted molar refractivity (Wildman–Crippen MR) is 67.5 cm³/mol. The molecule has 1 aromatic rings. The molecule has 0 radical (unpaired) electrons. The predicted octanol–water partition coefficient (Wildman–Crippen LogP) is 2.49. The third kappa shape index (κ3) is 3.06. The number of hydrogen-bond acceptors (Lipinski definition) is 4. The number of benzene rings is 1. The van der Waals surface area contributed by atoms with E-state index in [1.54, 1.807) is 26.0 Å². The van der Waals surface area contributed by atoms with Crippen molar-refractivity contribution in [3.05, 3.63) is 23.8 Å². The van der Waals surface area contributed by atoms with Gasteiger partial charge in [0.1, 0.15) is 11.5 Å². The lowest BCUT2D eigenvalue weighted by atomic mass is 10.0. The number of aliphatic hydroxyl groups is 1. The minimum atomic E-state index is -0.543. The molecule has 1 aromatic carbocycles. The molecule has 1 rings (SSSR count). The summed E-state index contributed by atoms with van der Waals surface area (Å²) in [5.41, 5.74) is 0.738. The van der Waals surface area contributed by atoms with Gasteiger partial charge in [-0.1, -0.05) is 6.07 Å². The molecule has 90 valence electrons. The fraction of sp³-hybridized carbons (Fsp3) is 0.500. The van der Waals surface area contributed by atoms with E-state index in [1.165, 1.54) is 0 Å². The smallest absolute Gasteiger partial charge is 0.128 e. The zero-order valence-electron chi connectivity index (χ0n) is 9.90. The van der Waals surface area contributed by atoms with Crippen LogP contribution in [0.3, 0.4) is 0 Å². The summed E-state index contributed by atoms with van der Waals surface area (Å²) in [6.45, 7) is 0. The Hall–Kier alpha value is -0.870. The van der Waals surface area contributed by atoms with Crippen molar-refractivity contribution < 1.29 is 14.6 Å². The molecule has 0 spiro atoms. The molecule has 16 heavy (non-hydrogen) atoms. The molecule has 0 heterocycles. The molecule has 0 aliphatic heterocycles. The summed E-state index contributed by atoms with van der Waals surface area (Å²) >= 11 is 1.71. The first-order valence-corrected chi connectivity index (χ1v) is 6.51. The summed E-state index contributed by atoms with van der Waals surface area (Å²) in [5, 5.41) is 10.1. The highest BCUT2D eigenvalue weighted by Gasteiger charge is 2.17. The van der Waals surface area contributed by atoms with E-state index in [9.17, 15) is 5.11 Å². The van der Waals surface area contributed by atoms with Gasteiger partial charge in [-0.25, -0.2) is 0 Å². The first-order valence-electron chi connectivity index (χ1n) is 5.12. The van der Waals surface area contributed by atoms with E-state index in [-0.39, 0.29) is 0 Å². The van der Waals surface area contributed by atoms with Gasteiger partial charge in [0.05, 0.1) is 25.9 Å². The average molecular weight is 242 g/mol. The summed E-state index contributed by atoms with van der Waals surface area (Å²) < 4.78 is 10.5. The van der Waals surface area contributed by atoms with Crippen molar-refractivity contribution in [2.75, 3.05) is 26.2 Å². The molecule has 0 aromatic heterocycles. The Morgan fingerprint density at radius 3 is 2.25 bits per heavy atom. The lowest BCUT2D eigenvalue weighted by molar-refractivity contribution is 0.166. The largest absolute Gasteiger partial charge is 0.496 e. The van der Waals surface area contributed by atoms with Crippen LogP contribution >= 0.6 is 11.8 Å². The molecular weight excluding hydrogens is 224 g/mol. The first-order chi connectivity index (χ1) is 7.74. The highest BCUT2D eigenvalue weighted by Crippen LogP contribution is 2.35. The number of ether oxygens (including phenoxy) is 2. The maximum atomic E-state index is 10.1. The van der Waals surface area contributed by atoms with Gasteiger partial charge >= 0.3 is 0 Å². The maximum absolute atomic E-state index is 10.1. The Bertz CT molecular complexity index is 306. The number of aliphatic hydroxyl groups excluding tert-OH is 1. The minimum Gasteiger partial charge on any atom is -0.496 e. The first kappa shape index (κ1) is 13.2. The van der Waals surface area contributed by atoms with E-state index < -0.39 is 6.10 Å². The molecule has 0 saturated heterocycles. The van der Waals surface area contributed by atoms with Crippen LogP contribution in [0.15, 0.2) is 18.2 Å². The third-order valence-corrected chi connectivity index (χ3v) is 3.04. The maximum Gasteiger partial charge on any atom is 0.128 e. The Morgan fingerprint density at radius 1 is 1.25 bits per heavy atom. The Labute approximate surface area is 101 Å². The third-order valence-electron chi connectivity index (χ3n) is 2.39. The second kappa shape index (κ2) is 6.66. The van der Waals surface area contributed by atoms with E-state index in [0.29, 0.717) is 17.9 Å². The van der Waals surface area contributed by atoms with Crippen molar-refractivity contribution in [1.82, 2.24) is 0 Å². The second-order valence-corrected chi connectivity index (χ2v) is 4.36. The van der Waals surface area contributed by atoms with Crippen molar-refractivity contribution in [2.24, 2.45) is 0 Å². The van der Waals surface area contributed by atoms with E-state index in [4.69, 9.17) is 9.47 Å². The molecular formula is C12H18O3S. The minimum absolute atomic E-state index is 0.543. The van der Waals surface area contributed by atoms with Crippen LogP contribution in [0.5, 0.6) is 11.5 Å². The van der Waals surface area contributed by atoms with Crippen LogP contribution in [-0.4, -0.2) is 31.3 Å². The van der Waals surface area contributed by atoms with Crippen LogP contribution < -0.4 is 9.47 Å². The van der Waals surface area contributed by atoms with E-state index >= 15 is 0 Å². The van der Waals surface area contributed by atoms with Gasteiger partial charge in [0.25, 0.3) is 0 Å². The van der Waals surface area contributed by atoms with E-state index in [1.807, 2.05) is 24.5 Å². The molecule has 1 atom stereocenters. The van der Waals surface area contributed by atoms with Gasteiger partial charge in [0.2, 0.25) is 0 Å². The zero-order valence-corrected chi connectivity index (χ0v) is 10.7. The number of hydrogen-bond donors (Lipinski definition) is 1. The van der Waals surface area contributed by atoms with Gasteiger partial charge in [-0.15, -0.1) is 0 Å². The molecule has 0 bridgehead atoms. The summed E-state index contributed by atoms with van der Waals surface area (Å²) in [4.78, 5) is 0. The lowest BCUT2D eigenvalue weighted by Crippen LogP contribution is -2.04. The fourth-order valence-electron chi connectivity index (χ4n) is 1.58. The van der Waals surface area contributed by atoms with Crippen molar-refractivity contribution in [1.29, 1.82) is 0 Å². The summed E-state index contributed by atoms with van der Waals surface area (Å²) in [6.07, 6.45) is 2.17. The number of thioether (sulfide) groups is 1. The van der Waals surface area contributed by atoms with Gasteiger partial charge in [0.15, 0.2) is 0 Å². The Balaban J connectivity index is 2.97. The highest BCUT2D eigenvalue weighted by atomic mass is 32.2. The van der Waals surface area contributed by atoms with Gasteiger partial charge < -0.3 is 14.6 Å². The standard InChI is InChI=1S/C12H18O3S/c1-14-10-5-4-6-11(15-2)12(10)9(13)7-8-16-3/h4-6,9,13H,7-8H2,1-3H3. The molecule has 0 saturated carbocycles. The monoisotopic (exact) mass is 242 g/mol. The van der Waals surface area contributed by atoms with Gasteiger partial charge in [-0.2, -0.15) is 11.8 Å². The Morgan fingerprint density at radius 2 is 1.81 bits per heavy atom. The van der Waals surface area contributed by atoms with E-state index in [2.05, 4.69) is 0 Å². The Kier molecular flexibility index (Phi) is 5.49. The van der Waals surface area contributed by atoms with Crippen LogP contribution in [0.4, 0.5) is 0 Å². The number of methoxy groups -OCH3 is 2. The molecule has 0 aliphatic rings. The van der Waals surface area contributed by atoms with Gasteiger partial charge in [-0.05, 0) is 30.6 Å². The SMILES string of the molecule is COc1cccc(OC)c1C(O)CCSC. The quantitative estimate of drug-likeness (QED) is 0.832. The van der Waals surface area contributed by atoms with Gasteiger partial charge in [0, 0.05) is 0 Å². The topological polar surface area (TPSA) is 38.7 Å². The molecule has 0 fully saturated rings. The van der Waals surface area contributed by atoms with Gasteiger partial charge in [-0.3, -0.25) is 0 Å². The van der Waals surface area contributed by atoms with Crippen molar-refractivity contribution in [3.8, 4) is 11.5 Å². The van der Waals surface area contributed by atoms with Crippen molar-refractivity contribution in [3.63, 3.8) is 0 Å². The number of rotatable bonds is 6. The summed E-state index contributed by atoms with van der Waals surface area (Å²) in [6, 6.07) is 5.52. The molecule has 0 aliphatic carbocycles. The van der Waals surface area contributed by atoms with Crippen LogP contribution in [0.25, 0.3) is 0 Å². The van der Waals surface area contributed by atoms with Crippen LogP contribution in [0.2, 0.25) is 0 Å². The van der Waals surface area contributed by atoms with Crippen molar-refractivity contribution >= 4 is 11.8 Å². The van der Waals surface area contributed by atoms with Crippen LogP contribution in [0.1, 0.15) is 18.1 Å². The molecule has 0 amide bonds. The molecule has 4 heteroatoms. The molecule has 1 N–H and O–H groups in total. The van der Waals surface area contributed by atoms with Crippen LogP contribution in [0, 0.1) is 0 Å². The molecule has 1 unspecified atom stereocenters.